The summed E-state index contributed by atoms with van der Waals surface area (Å²) >= 11 is 0. The van der Waals surface area contributed by atoms with Crippen molar-refractivity contribution >= 4 is 31.5 Å². The minimum Gasteiger partial charge on any atom is -0.325 e. The van der Waals surface area contributed by atoms with E-state index in [0.29, 0.717) is 32.6 Å². The largest absolute Gasteiger partial charge is 0.325 e. The number of sulfone groups is 1. The van der Waals surface area contributed by atoms with E-state index in [9.17, 15) is 21.6 Å². The van der Waals surface area contributed by atoms with Crippen molar-refractivity contribution in [2.45, 2.75) is 38.0 Å². The normalized spacial score (nSPS) is 16.6. The van der Waals surface area contributed by atoms with Gasteiger partial charge in [0.05, 0.1) is 10.6 Å². The summed E-state index contributed by atoms with van der Waals surface area (Å²) in [7, 11) is -7.14. The number of sulfonamides is 1. The van der Waals surface area contributed by atoms with Crippen LogP contribution in [-0.4, -0.2) is 76.2 Å². The Kier molecular flexibility index (Phi) is 8.62. The van der Waals surface area contributed by atoms with Crippen molar-refractivity contribution in [2.75, 3.05) is 49.5 Å². The minimum atomic E-state index is -3.66. The molecule has 10 heteroatoms. The second kappa shape index (κ2) is 10.5. The number of nitrogens with zero attached hydrogens (tertiary/aromatic N) is 2. The van der Waals surface area contributed by atoms with Gasteiger partial charge in [0.25, 0.3) is 0 Å². The zero-order chi connectivity index (χ0) is 21.5. The van der Waals surface area contributed by atoms with Gasteiger partial charge in [-0.3, -0.25) is 4.79 Å². The van der Waals surface area contributed by atoms with Crippen LogP contribution in [0.4, 0.5) is 5.69 Å². The number of amides is 1. The lowest BCUT2D eigenvalue weighted by Crippen LogP contribution is -2.48. The minimum absolute atomic E-state index is 0.0214. The molecule has 29 heavy (non-hydrogen) atoms. The molecule has 0 unspecified atom stereocenters. The second-order valence-electron chi connectivity index (χ2n) is 7.21. The Morgan fingerprint density at radius 1 is 1.03 bits per heavy atom. The smallest absolute Gasteiger partial charge is 0.243 e. The highest BCUT2D eigenvalue weighted by molar-refractivity contribution is 7.92. The van der Waals surface area contributed by atoms with E-state index in [0.717, 1.165) is 19.4 Å². The number of anilines is 1. The molecule has 1 fully saturated rings. The van der Waals surface area contributed by atoms with Gasteiger partial charge in [0, 0.05) is 31.9 Å². The molecule has 1 aliphatic heterocycles. The van der Waals surface area contributed by atoms with Crippen LogP contribution in [-0.2, 0) is 24.7 Å². The third-order valence-electron chi connectivity index (χ3n) is 4.94. The average molecular weight is 446 g/mol. The molecular weight excluding hydrogens is 414 g/mol. The van der Waals surface area contributed by atoms with Crippen molar-refractivity contribution in [2.24, 2.45) is 0 Å². The fourth-order valence-corrected chi connectivity index (χ4v) is 5.94. The Balaban J connectivity index is 2.02. The predicted molar refractivity (Wildman–Crippen MR) is 114 cm³/mol. The van der Waals surface area contributed by atoms with Crippen LogP contribution in [0.1, 0.15) is 33.1 Å². The van der Waals surface area contributed by atoms with E-state index >= 15 is 0 Å². The molecule has 1 amide bonds. The molecule has 1 aromatic rings. The van der Waals surface area contributed by atoms with Crippen molar-refractivity contribution in [1.29, 1.82) is 0 Å². The zero-order valence-corrected chi connectivity index (χ0v) is 18.8. The van der Waals surface area contributed by atoms with Gasteiger partial charge in [-0.05, 0) is 31.2 Å². The van der Waals surface area contributed by atoms with Gasteiger partial charge >= 0.3 is 0 Å². The van der Waals surface area contributed by atoms with Crippen LogP contribution in [0.25, 0.3) is 0 Å². The highest BCUT2D eigenvalue weighted by atomic mass is 32.2. The molecule has 1 heterocycles. The van der Waals surface area contributed by atoms with Gasteiger partial charge in [-0.2, -0.15) is 4.31 Å². The SMILES string of the molecule is CCCCCS(=O)(=O)CC(=O)Nc1cccc(S(=O)(=O)N2CCN(CC)CC2)c1. The van der Waals surface area contributed by atoms with Crippen LogP contribution in [0, 0.1) is 0 Å². The number of unbranched alkanes of at least 4 members (excludes halogenated alkanes) is 2. The molecule has 2 rings (SSSR count). The number of hydrogen-bond acceptors (Lipinski definition) is 6. The molecule has 0 radical (unpaired) electrons. The fourth-order valence-electron chi connectivity index (χ4n) is 3.21. The van der Waals surface area contributed by atoms with Gasteiger partial charge in [-0.25, -0.2) is 16.8 Å². The second-order valence-corrected chi connectivity index (χ2v) is 11.3. The molecule has 1 aromatic carbocycles. The van der Waals surface area contributed by atoms with Crippen LogP contribution in [0.3, 0.4) is 0 Å². The zero-order valence-electron chi connectivity index (χ0n) is 17.1. The Morgan fingerprint density at radius 2 is 1.72 bits per heavy atom. The lowest BCUT2D eigenvalue weighted by Gasteiger charge is -2.33. The molecule has 1 N–H and O–H groups in total. The molecule has 0 bridgehead atoms. The van der Waals surface area contributed by atoms with Crippen molar-refractivity contribution in [3.8, 4) is 0 Å². The van der Waals surface area contributed by atoms with Crippen LogP contribution >= 0.6 is 0 Å². The van der Waals surface area contributed by atoms with Crippen LogP contribution in [0.5, 0.6) is 0 Å². The average Bonchev–Trinajstić information content (AvgIpc) is 2.67. The molecule has 1 saturated heterocycles. The molecule has 0 saturated carbocycles. The monoisotopic (exact) mass is 445 g/mol. The van der Waals surface area contributed by atoms with E-state index in [1.54, 1.807) is 12.1 Å². The third-order valence-corrected chi connectivity index (χ3v) is 8.45. The summed E-state index contributed by atoms with van der Waals surface area (Å²) in [6.07, 6.45) is 2.23. The van der Waals surface area contributed by atoms with Gasteiger partial charge in [0.15, 0.2) is 9.84 Å². The maximum absolute atomic E-state index is 12.9. The Labute approximate surface area is 174 Å². The summed E-state index contributed by atoms with van der Waals surface area (Å²) in [6, 6.07) is 5.96. The first-order valence-corrected chi connectivity index (χ1v) is 13.3. The summed E-state index contributed by atoms with van der Waals surface area (Å²) in [5, 5.41) is 2.51. The van der Waals surface area contributed by atoms with Gasteiger partial charge in [0.2, 0.25) is 15.9 Å². The molecule has 0 aliphatic carbocycles. The van der Waals surface area contributed by atoms with Gasteiger partial charge < -0.3 is 10.2 Å². The van der Waals surface area contributed by atoms with Crippen LogP contribution in [0.15, 0.2) is 29.2 Å². The highest BCUT2D eigenvalue weighted by Gasteiger charge is 2.28. The highest BCUT2D eigenvalue weighted by Crippen LogP contribution is 2.21. The van der Waals surface area contributed by atoms with Crippen LogP contribution < -0.4 is 5.32 Å². The van der Waals surface area contributed by atoms with Gasteiger partial charge in [-0.15, -0.1) is 0 Å². The molecule has 1 aliphatic rings. The molecule has 0 aromatic heterocycles. The van der Waals surface area contributed by atoms with Gasteiger partial charge in [0.1, 0.15) is 5.75 Å². The maximum atomic E-state index is 12.9. The molecule has 8 nitrogen and oxygen atoms in total. The summed E-state index contributed by atoms with van der Waals surface area (Å²) in [6.45, 7) is 7.11. The number of carbonyl (C=O) groups excluding carboxylic acids is 1. The summed E-state index contributed by atoms with van der Waals surface area (Å²) in [5.74, 6) is -1.29. The third kappa shape index (κ3) is 7.06. The topological polar surface area (TPSA) is 104 Å². The van der Waals surface area contributed by atoms with Crippen molar-refractivity contribution in [3.05, 3.63) is 24.3 Å². The number of nitrogens with one attached hydrogen (secondary N) is 1. The number of piperazine rings is 1. The molecule has 0 spiro atoms. The Hall–Kier alpha value is -1.49. The number of benzene rings is 1. The van der Waals surface area contributed by atoms with E-state index in [2.05, 4.69) is 10.2 Å². The maximum Gasteiger partial charge on any atom is 0.243 e. The summed E-state index contributed by atoms with van der Waals surface area (Å²) < 4.78 is 51.3. The fraction of sp³-hybridized carbons (Fsp3) is 0.632. The van der Waals surface area contributed by atoms with Gasteiger partial charge in [-0.1, -0.05) is 32.8 Å². The lowest BCUT2D eigenvalue weighted by molar-refractivity contribution is -0.113. The van der Waals surface area contributed by atoms with E-state index < -0.39 is 31.5 Å². The molecule has 164 valence electrons. The first-order valence-electron chi connectivity index (χ1n) is 10.0. The van der Waals surface area contributed by atoms with Crippen LogP contribution in [0.2, 0.25) is 0 Å². The first-order chi connectivity index (χ1) is 13.7. The van der Waals surface area contributed by atoms with E-state index in [1.165, 1.54) is 16.4 Å². The number of hydrogen-bond donors (Lipinski definition) is 1. The molecule has 0 atom stereocenters. The van der Waals surface area contributed by atoms with Crippen molar-refractivity contribution in [3.63, 3.8) is 0 Å². The first kappa shape index (κ1) is 23.8. The van der Waals surface area contributed by atoms with Crippen molar-refractivity contribution in [1.82, 2.24) is 9.21 Å². The number of likely N-dealkylation sites (N-methyl/N-ethyl adjacent to an activating group) is 1. The van der Waals surface area contributed by atoms with E-state index in [4.69, 9.17) is 0 Å². The van der Waals surface area contributed by atoms with E-state index in [-0.39, 0.29) is 16.3 Å². The quantitative estimate of drug-likeness (QED) is 0.548. The van der Waals surface area contributed by atoms with Crippen molar-refractivity contribution < 1.29 is 21.6 Å². The Bertz CT molecular complexity index is 892. The number of rotatable bonds is 10. The Morgan fingerprint density at radius 3 is 2.34 bits per heavy atom. The number of carbonyl (C=O) groups is 1. The lowest BCUT2D eigenvalue weighted by atomic mass is 10.3. The summed E-state index contributed by atoms with van der Waals surface area (Å²) in [5.41, 5.74) is 0.270. The molecular formula is C19H31N3O5S2. The van der Waals surface area contributed by atoms with E-state index in [1.807, 2.05) is 13.8 Å². The predicted octanol–water partition coefficient (Wildman–Crippen LogP) is 1.56. The summed E-state index contributed by atoms with van der Waals surface area (Å²) in [4.78, 5) is 14.4. The standard InChI is InChI=1S/C19H31N3O5S2/c1-3-5-6-14-28(24,25)16-19(23)20-17-8-7-9-18(15-17)29(26,27)22-12-10-21(4-2)11-13-22/h7-9,15H,3-6,10-14,16H2,1-2H3,(H,20,23).